The standard InChI is InChI=1S/C19H21ClN8O11S4/c20-17-24-18(22-5-6-41(31,32)33)26-19(25-17)23-14-9-13(21)16(43(37,38)39)10-15(14)28-27-11-1-3-12(4-2-11)40(29,30)7-8-42(34,35)36/h1-4,9-10H,5-8,21H2,(H,31,32,33)(H,34,35,36)(H,37,38,39)(H2,22,23,24,25,26). The highest BCUT2D eigenvalue weighted by Crippen LogP contribution is 2.35. The number of nitrogens with one attached hydrogen (secondary N) is 2. The Labute approximate surface area is 249 Å². The molecule has 0 unspecified atom stereocenters. The van der Waals surface area contributed by atoms with E-state index in [-0.39, 0.29) is 45.7 Å². The van der Waals surface area contributed by atoms with Gasteiger partial charge < -0.3 is 16.4 Å². The van der Waals surface area contributed by atoms with Gasteiger partial charge in [0.15, 0.2) is 9.84 Å². The average Bonchev–Trinajstić information content (AvgIpc) is 2.85. The maximum Gasteiger partial charge on any atom is 0.296 e. The minimum absolute atomic E-state index is 0.0541. The number of sulfone groups is 1. The normalized spacial score (nSPS) is 12.8. The molecule has 234 valence electrons. The molecule has 3 rings (SSSR count). The van der Waals surface area contributed by atoms with E-state index in [1.54, 1.807) is 0 Å². The Kier molecular flexibility index (Phi) is 10.2. The molecular formula is C19H21ClN8O11S4. The Balaban J connectivity index is 1.94. The molecular weight excluding hydrogens is 680 g/mol. The lowest BCUT2D eigenvalue weighted by Crippen LogP contribution is -2.16. The Morgan fingerprint density at radius 2 is 1.40 bits per heavy atom. The van der Waals surface area contributed by atoms with E-state index >= 15 is 0 Å². The van der Waals surface area contributed by atoms with Crippen molar-refractivity contribution in [3.05, 3.63) is 41.7 Å². The van der Waals surface area contributed by atoms with Gasteiger partial charge in [-0.3, -0.25) is 13.7 Å². The summed E-state index contributed by atoms with van der Waals surface area (Å²) < 4.78 is 119. The molecule has 0 saturated heterocycles. The predicted molar refractivity (Wildman–Crippen MR) is 153 cm³/mol. The number of benzene rings is 2. The summed E-state index contributed by atoms with van der Waals surface area (Å²) in [6.45, 7) is -0.297. The predicted octanol–water partition coefficient (Wildman–Crippen LogP) is 1.47. The summed E-state index contributed by atoms with van der Waals surface area (Å²) in [5, 5.41) is 12.6. The monoisotopic (exact) mass is 700 g/mol. The molecule has 0 bridgehead atoms. The molecule has 0 atom stereocenters. The van der Waals surface area contributed by atoms with Crippen molar-refractivity contribution in [2.75, 3.05) is 40.2 Å². The zero-order valence-electron chi connectivity index (χ0n) is 21.2. The first-order valence-corrected chi connectivity index (χ1v) is 17.9. The second kappa shape index (κ2) is 13.0. The molecule has 0 fully saturated rings. The van der Waals surface area contributed by atoms with Crippen molar-refractivity contribution in [1.29, 1.82) is 0 Å². The van der Waals surface area contributed by atoms with Crippen LogP contribution in [0.15, 0.2) is 56.4 Å². The number of anilines is 4. The molecule has 43 heavy (non-hydrogen) atoms. The summed E-state index contributed by atoms with van der Waals surface area (Å²) in [6, 6.07) is 6.51. The van der Waals surface area contributed by atoms with Crippen LogP contribution in [0.5, 0.6) is 0 Å². The van der Waals surface area contributed by atoms with Crippen molar-refractivity contribution in [3.63, 3.8) is 0 Å². The lowest BCUT2D eigenvalue weighted by Gasteiger charge is -2.12. The molecule has 24 heteroatoms. The van der Waals surface area contributed by atoms with Gasteiger partial charge in [-0.2, -0.15) is 45.3 Å². The van der Waals surface area contributed by atoms with Crippen LogP contribution in [0.2, 0.25) is 5.28 Å². The maximum atomic E-state index is 12.3. The molecule has 2 aromatic carbocycles. The first-order valence-electron chi connectivity index (χ1n) is 11.2. The van der Waals surface area contributed by atoms with Gasteiger partial charge in [-0.25, -0.2) is 8.42 Å². The van der Waals surface area contributed by atoms with Crippen molar-refractivity contribution >= 4 is 86.4 Å². The number of nitrogens with two attached hydrogens (primary N) is 1. The molecule has 0 aliphatic rings. The van der Waals surface area contributed by atoms with Crippen LogP contribution in [-0.2, 0) is 40.2 Å². The van der Waals surface area contributed by atoms with Gasteiger partial charge in [-0.05, 0) is 48.0 Å². The van der Waals surface area contributed by atoms with Gasteiger partial charge in [-0.15, -0.1) is 5.11 Å². The summed E-state index contributed by atoms with van der Waals surface area (Å²) >= 11 is 5.90. The van der Waals surface area contributed by atoms with Crippen LogP contribution in [-0.4, -0.2) is 86.1 Å². The molecule has 0 radical (unpaired) electrons. The summed E-state index contributed by atoms with van der Waals surface area (Å²) in [7, 11) is -17.7. The molecule has 0 aliphatic heterocycles. The molecule has 19 nitrogen and oxygen atoms in total. The van der Waals surface area contributed by atoms with Crippen molar-refractivity contribution in [2.45, 2.75) is 9.79 Å². The van der Waals surface area contributed by atoms with Crippen LogP contribution in [0.25, 0.3) is 0 Å². The van der Waals surface area contributed by atoms with E-state index in [9.17, 15) is 38.2 Å². The highest BCUT2D eigenvalue weighted by atomic mass is 35.5. The van der Waals surface area contributed by atoms with Gasteiger partial charge in [0, 0.05) is 6.54 Å². The molecule has 0 amide bonds. The molecule has 0 saturated carbocycles. The van der Waals surface area contributed by atoms with Crippen LogP contribution in [0.4, 0.5) is 34.6 Å². The van der Waals surface area contributed by atoms with E-state index in [1.807, 2.05) is 0 Å². The number of nitrogen functional groups attached to an aromatic ring is 1. The quantitative estimate of drug-likeness (QED) is 0.0835. The number of halogens is 1. The van der Waals surface area contributed by atoms with E-state index in [2.05, 4.69) is 35.8 Å². The topological polar surface area (TPSA) is 311 Å². The summed E-state index contributed by atoms with van der Waals surface area (Å²) in [5.74, 6) is -3.01. The fourth-order valence-electron chi connectivity index (χ4n) is 3.05. The average molecular weight is 701 g/mol. The van der Waals surface area contributed by atoms with Crippen molar-refractivity contribution in [3.8, 4) is 0 Å². The van der Waals surface area contributed by atoms with Gasteiger partial charge in [0.2, 0.25) is 17.2 Å². The molecule has 3 aromatic rings. The van der Waals surface area contributed by atoms with E-state index in [4.69, 9.17) is 26.4 Å². The van der Waals surface area contributed by atoms with Gasteiger partial charge in [0.1, 0.15) is 10.6 Å². The fraction of sp³-hybridized carbons (Fsp3) is 0.211. The number of azo groups is 1. The molecule has 0 aliphatic carbocycles. The molecule has 1 aromatic heterocycles. The number of nitrogens with zero attached hydrogens (tertiary/aromatic N) is 5. The van der Waals surface area contributed by atoms with Crippen LogP contribution >= 0.6 is 11.6 Å². The van der Waals surface area contributed by atoms with Crippen LogP contribution in [0.1, 0.15) is 0 Å². The first kappa shape index (κ1) is 33.9. The number of hydrogen-bond donors (Lipinski definition) is 6. The Morgan fingerprint density at radius 1 is 0.791 bits per heavy atom. The van der Waals surface area contributed by atoms with Gasteiger partial charge in [-0.1, -0.05) is 0 Å². The van der Waals surface area contributed by atoms with E-state index in [0.717, 1.165) is 24.3 Å². The van der Waals surface area contributed by atoms with Crippen LogP contribution in [0, 0.1) is 0 Å². The van der Waals surface area contributed by atoms with E-state index in [0.29, 0.717) is 0 Å². The third kappa shape index (κ3) is 10.6. The maximum absolute atomic E-state index is 12.3. The van der Waals surface area contributed by atoms with Gasteiger partial charge in [0.25, 0.3) is 30.4 Å². The summed E-state index contributed by atoms with van der Waals surface area (Å²) in [5.41, 5.74) is 5.10. The van der Waals surface area contributed by atoms with Crippen LogP contribution < -0.4 is 16.4 Å². The fourth-order valence-corrected chi connectivity index (χ4v) is 6.70. The van der Waals surface area contributed by atoms with E-state index in [1.165, 1.54) is 12.1 Å². The minimum Gasteiger partial charge on any atom is -0.398 e. The largest absolute Gasteiger partial charge is 0.398 e. The van der Waals surface area contributed by atoms with Crippen molar-refractivity contribution in [1.82, 2.24) is 15.0 Å². The molecule has 1 heterocycles. The SMILES string of the molecule is Nc1cc(Nc2nc(Cl)nc(NCCS(=O)(=O)O)n2)c(N=Nc2ccc(S(=O)(=O)CCS(=O)(=O)O)cc2)cc1S(=O)(=O)O. The lowest BCUT2D eigenvalue weighted by molar-refractivity contribution is 0.481. The zero-order chi connectivity index (χ0) is 32.2. The van der Waals surface area contributed by atoms with Crippen molar-refractivity contribution < 1.29 is 47.3 Å². The molecule has 0 spiro atoms. The van der Waals surface area contributed by atoms with Crippen LogP contribution in [0.3, 0.4) is 0 Å². The summed E-state index contributed by atoms with van der Waals surface area (Å²) in [4.78, 5) is 10.6. The Hall–Kier alpha value is -3.58. The third-order valence-corrected chi connectivity index (χ3v) is 9.49. The Morgan fingerprint density at radius 3 is 1.98 bits per heavy atom. The number of hydrogen-bond acceptors (Lipinski definition) is 16. The van der Waals surface area contributed by atoms with Gasteiger partial charge in [0.05, 0.1) is 39.2 Å². The third-order valence-electron chi connectivity index (χ3n) is 4.98. The minimum atomic E-state index is -4.83. The zero-order valence-corrected chi connectivity index (χ0v) is 25.2. The van der Waals surface area contributed by atoms with Crippen molar-refractivity contribution in [2.24, 2.45) is 10.2 Å². The van der Waals surface area contributed by atoms with Gasteiger partial charge >= 0.3 is 0 Å². The molecule has 7 N–H and O–H groups in total. The number of rotatable bonds is 13. The summed E-state index contributed by atoms with van der Waals surface area (Å²) in [6.07, 6.45) is 0. The second-order valence-electron chi connectivity index (χ2n) is 8.27. The lowest BCUT2D eigenvalue weighted by atomic mass is 10.2. The smallest absolute Gasteiger partial charge is 0.296 e. The highest BCUT2D eigenvalue weighted by molar-refractivity contribution is 7.93. The van der Waals surface area contributed by atoms with E-state index < -0.39 is 68.0 Å². The Bertz CT molecular complexity index is 1990. The first-order chi connectivity index (χ1) is 19.7. The highest BCUT2D eigenvalue weighted by Gasteiger charge is 2.20. The second-order valence-corrected chi connectivity index (χ2v) is 15.3. The number of aromatic nitrogens is 3.